The molecule has 5 rings (SSSR count). The summed E-state index contributed by atoms with van der Waals surface area (Å²) in [6.07, 6.45) is 4.65. The van der Waals surface area contributed by atoms with Gasteiger partial charge >= 0.3 is 0 Å². The molecule has 1 aliphatic carbocycles. The van der Waals surface area contributed by atoms with Gasteiger partial charge in [-0.15, -0.1) is 11.3 Å². The van der Waals surface area contributed by atoms with Crippen LogP contribution in [0.15, 0.2) is 60.7 Å². The smallest absolute Gasteiger partial charge is 0.269 e. The monoisotopic (exact) mass is 419 g/mol. The molecular formula is C23H21N3OS2. The van der Waals surface area contributed by atoms with Crippen molar-refractivity contribution in [3.05, 3.63) is 87.8 Å². The van der Waals surface area contributed by atoms with Gasteiger partial charge in [0.05, 0.1) is 0 Å². The van der Waals surface area contributed by atoms with Crippen LogP contribution in [0.3, 0.4) is 0 Å². The van der Waals surface area contributed by atoms with E-state index in [4.69, 9.17) is 12.2 Å². The molecule has 0 saturated carbocycles. The predicted octanol–water partition coefficient (Wildman–Crippen LogP) is 5.07. The second kappa shape index (κ2) is 7.61. The number of fused-ring (bicyclic) bond motifs is 3. The van der Waals surface area contributed by atoms with Gasteiger partial charge in [0.1, 0.15) is 11.0 Å². The summed E-state index contributed by atoms with van der Waals surface area (Å²) in [6.45, 7) is 0. The Kier molecular flexibility index (Phi) is 4.81. The van der Waals surface area contributed by atoms with Gasteiger partial charge in [-0.25, -0.2) is 5.01 Å². The van der Waals surface area contributed by atoms with E-state index in [9.17, 15) is 4.79 Å². The molecule has 146 valence electrons. The Morgan fingerprint density at radius 3 is 2.48 bits per heavy atom. The second-order valence-corrected chi connectivity index (χ2v) is 8.87. The molecule has 2 aromatic carbocycles. The van der Waals surface area contributed by atoms with Crippen molar-refractivity contribution in [2.24, 2.45) is 0 Å². The van der Waals surface area contributed by atoms with Crippen molar-refractivity contribution in [3.8, 4) is 0 Å². The van der Waals surface area contributed by atoms with Crippen LogP contribution in [0.4, 0.5) is 5.00 Å². The molecule has 3 aromatic rings. The number of benzene rings is 2. The molecule has 4 nitrogen and oxygen atoms in total. The van der Waals surface area contributed by atoms with Gasteiger partial charge in [0.15, 0.2) is 5.11 Å². The molecule has 2 N–H and O–H groups in total. The number of carbonyl (C=O) groups is 1. The molecule has 1 aromatic heterocycles. The fourth-order valence-electron chi connectivity index (χ4n) is 4.21. The molecule has 1 unspecified atom stereocenters. The highest BCUT2D eigenvalue weighted by atomic mass is 32.1. The first-order chi connectivity index (χ1) is 14.2. The van der Waals surface area contributed by atoms with Crippen LogP contribution in [-0.2, 0) is 12.8 Å². The van der Waals surface area contributed by atoms with Crippen LogP contribution >= 0.6 is 23.6 Å². The van der Waals surface area contributed by atoms with Gasteiger partial charge in [0, 0.05) is 16.0 Å². The zero-order chi connectivity index (χ0) is 19.8. The van der Waals surface area contributed by atoms with Gasteiger partial charge < -0.3 is 5.32 Å². The van der Waals surface area contributed by atoms with Crippen molar-refractivity contribution in [2.75, 3.05) is 5.32 Å². The number of amides is 1. The maximum Gasteiger partial charge on any atom is 0.269 e. The summed E-state index contributed by atoms with van der Waals surface area (Å²) in [5.74, 6) is -0.164. The van der Waals surface area contributed by atoms with E-state index in [1.807, 2.05) is 64.9 Å². The minimum atomic E-state index is -0.164. The summed E-state index contributed by atoms with van der Waals surface area (Å²) in [5, 5.41) is 6.86. The lowest BCUT2D eigenvalue weighted by Crippen LogP contribution is -2.52. The molecule has 6 heteroatoms. The first kappa shape index (κ1) is 18.3. The lowest BCUT2D eigenvalue weighted by molar-refractivity contribution is 0.0848. The summed E-state index contributed by atoms with van der Waals surface area (Å²) in [7, 11) is 0. The standard InChI is InChI=1S/C23H21N3OS2/c27-21(16-11-5-2-6-12-16)25-26-20(15-9-3-1-4-10-15)19-17-13-7-8-14-18(17)29-22(19)24-23(26)28/h1-6,9-12,20H,7-8,13-14H2,(H,24,28)(H,25,27). The lowest BCUT2D eigenvalue weighted by Gasteiger charge is -2.39. The van der Waals surface area contributed by atoms with Gasteiger partial charge in [-0.05, 0) is 61.2 Å². The van der Waals surface area contributed by atoms with E-state index in [-0.39, 0.29) is 11.9 Å². The number of thiophene rings is 1. The SMILES string of the molecule is O=C(NN1C(=S)Nc2sc3c(c2C1c1ccccc1)CCCC3)c1ccccc1. The first-order valence-corrected chi connectivity index (χ1v) is 11.1. The van der Waals surface area contributed by atoms with Gasteiger partial charge in [-0.2, -0.15) is 0 Å². The van der Waals surface area contributed by atoms with Crippen molar-refractivity contribution >= 4 is 39.6 Å². The number of hydrazine groups is 1. The highest BCUT2D eigenvalue weighted by molar-refractivity contribution is 7.80. The third-order valence-corrected chi connectivity index (χ3v) is 7.08. The van der Waals surface area contributed by atoms with E-state index in [0.717, 1.165) is 23.4 Å². The molecule has 0 spiro atoms. The Hall–Kier alpha value is -2.70. The molecule has 2 heterocycles. The minimum Gasteiger partial charge on any atom is -0.323 e. The maximum absolute atomic E-state index is 12.9. The summed E-state index contributed by atoms with van der Waals surface area (Å²) in [5.41, 5.74) is 7.49. The summed E-state index contributed by atoms with van der Waals surface area (Å²) in [4.78, 5) is 14.4. The Labute approximate surface area is 179 Å². The van der Waals surface area contributed by atoms with Gasteiger partial charge in [0.25, 0.3) is 5.91 Å². The Morgan fingerprint density at radius 2 is 1.72 bits per heavy atom. The predicted molar refractivity (Wildman–Crippen MR) is 121 cm³/mol. The molecule has 0 bridgehead atoms. The lowest BCUT2D eigenvalue weighted by atomic mass is 9.89. The van der Waals surface area contributed by atoms with Crippen LogP contribution in [0.25, 0.3) is 0 Å². The van der Waals surface area contributed by atoms with Gasteiger partial charge in [0.2, 0.25) is 0 Å². The van der Waals surface area contributed by atoms with Crippen LogP contribution < -0.4 is 10.7 Å². The van der Waals surface area contributed by atoms with Crippen LogP contribution in [0.2, 0.25) is 0 Å². The molecule has 2 aliphatic rings. The minimum absolute atomic E-state index is 0.134. The first-order valence-electron chi connectivity index (χ1n) is 9.88. The third-order valence-electron chi connectivity index (χ3n) is 5.56. The normalized spacial score (nSPS) is 17.9. The van der Waals surface area contributed by atoms with Crippen molar-refractivity contribution < 1.29 is 4.79 Å². The summed E-state index contributed by atoms with van der Waals surface area (Å²) < 4.78 is 0. The van der Waals surface area contributed by atoms with E-state index in [1.54, 1.807) is 0 Å². The highest BCUT2D eigenvalue weighted by Gasteiger charge is 2.37. The molecule has 0 saturated heterocycles. The number of rotatable bonds is 3. The number of nitrogens with zero attached hydrogens (tertiary/aromatic N) is 1. The van der Waals surface area contributed by atoms with E-state index in [1.165, 1.54) is 28.8 Å². The average Bonchev–Trinajstić information content (AvgIpc) is 3.13. The van der Waals surface area contributed by atoms with Crippen LogP contribution in [-0.4, -0.2) is 16.0 Å². The molecule has 0 fully saturated rings. The summed E-state index contributed by atoms with van der Waals surface area (Å²) >= 11 is 7.52. The van der Waals surface area contributed by atoms with Crippen LogP contribution in [0.5, 0.6) is 0 Å². The third kappa shape index (κ3) is 3.32. The molecule has 1 atom stereocenters. The van der Waals surface area contributed by atoms with Crippen LogP contribution in [0.1, 0.15) is 50.8 Å². The molecule has 0 radical (unpaired) electrons. The fraction of sp³-hybridized carbons (Fsp3) is 0.217. The highest BCUT2D eigenvalue weighted by Crippen LogP contribution is 2.47. The molecule has 29 heavy (non-hydrogen) atoms. The van der Waals surface area contributed by atoms with Gasteiger partial charge in [-0.3, -0.25) is 10.2 Å². The number of aryl methyl sites for hydroxylation is 1. The number of carbonyl (C=O) groups excluding carboxylic acids is 1. The van der Waals surface area contributed by atoms with Gasteiger partial charge in [-0.1, -0.05) is 48.5 Å². The Balaban J connectivity index is 1.59. The molecule has 1 amide bonds. The van der Waals surface area contributed by atoms with Crippen LogP contribution in [0, 0.1) is 0 Å². The van der Waals surface area contributed by atoms with E-state index >= 15 is 0 Å². The second-order valence-electron chi connectivity index (χ2n) is 7.37. The zero-order valence-corrected chi connectivity index (χ0v) is 17.5. The number of nitrogens with one attached hydrogen (secondary N) is 2. The van der Waals surface area contributed by atoms with E-state index in [2.05, 4.69) is 22.9 Å². The Morgan fingerprint density at radius 1 is 1.03 bits per heavy atom. The fourth-order valence-corrected chi connectivity index (χ4v) is 5.84. The molecule has 1 aliphatic heterocycles. The van der Waals surface area contributed by atoms with E-state index < -0.39 is 0 Å². The largest absolute Gasteiger partial charge is 0.323 e. The summed E-state index contributed by atoms with van der Waals surface area (Å²) in [6, 6.07) is 19.4. The topological polar surface area (TPSA) is 44.4 Å². The van der Waals surface area contributed by atoms with E-state index in [0.29, 0.717) is 10.7 Å². The van der Waals surface area contributed by atoms with Crippen molar-refractivity contribution in [2.45, 2.75) is 31.7 Å². The number of hydrogen-bond acceptors (Lipinski definition) is 3. The van der Waals surface area contributed by atoms with Crippen molar-refractivity contribution in [3.63, 3.8) is 0 Å². The maximum atomic E-state index is 12.9. The molecular weight excluding hydrogens is 398 g/mol. The number of hydrogen-bond donors (Lipinski definition) is 2. The number of thiocarbonyl (C=S) groups is 1. The number of anilines is 1. The van der Waals surface area contributed by atoms with Crippen molar-refractivity contribution in [1.82, 2.24) is 10.4 Å². The Bertz CT molecular complexity index is 1060. The average molecular weight is 420 g/mol. The zero-order valence-electron chi connectivity index (χ0n) is 15.9. The quantitative estimate of drug-likeness (QED) is 0.582. The van der Waals surface area contributed by atoms with Crippen molar-refractivity contribution in [1.29, 1.82) is 0 Å².